The number of amides is 2. The first-order valence-corrected chi connectivity index (χ1v) is 8.76. The first-order chi connectivity index (χ1) is 12.0. The van der Waals surface area contributed by atoms with Crippen LogP contribution in [0.4, 0.5) is 4.39 Å². The Morgan fingerprint density at radius 2 is 1.80 bits per heavy atom. The molecule has 2 heterocycles. The number of carbonyl (C=O) groups is 2. The highest BCUT2D eigenvalue weighted by Gasteiger charge is 2.26. The van der Waals surface area contributed by atoms with Crippen LogP contribution in [0.3, 0.4) is 0 Å². The Kier molecular flexibility index (Phi) is 5.43. The summed E-state index contributed by atoms with van der Waals surface area (Å²) in [5.41, 5.74) is 0.768. The lowest BCUT2D eigenvalue weighted by Crippen LogP contribution is -2.51. The first-order valence-electron chi connectivity index (χ1n) is 7.96. The average Bonchev–Trinajstić information content (AvgIpc) is 2.64. The first kappa shape index (κ1) is 17.5. The number of hydrogen-bond donors (Lipinski definition) is 0. The van der Waals surface area contributed by atoms with E-state index in [1.165, 1.54) is 12.1 Å². The van der Waals surface area contributed by atoms with E-state index in [1.807, 2.05) is 12.1 Å². The second kappa shape index (κ2) is 7.74. The average molecular weight is 406 g/mol. The fourth-order valence-electron chi connectivity index (χ4n) is 2.76. The van der Waals surface area contributed by atoms with Crippen molar-refractivity contribution in [3.05, 3.63) is 64.1 Å². The highest BCUT2D eigenvalue weighted by atomic mass is 79.9. The van der Waals surface area contributed by atoms with Crippen molar-refractivity contribution in [2.45, 2.75) is 6.42 Å². The number of pyridine rings is 1. The third kappa shape index (κ3) is 4.22. The molecule has 0 aliphatic carbocycles. The number of hydrogen-bond acceptors (Lipinski definition) is 3. The van der Waals surface area contributed by atoms with E-state index in [4.69, 9.17) is 0 Å². The lowest BCUT2D eigenvalue weighted by molar-refractivity contribution is -0.132. The predicted molar refractivity (Wildman–Crippen MR) is 94.5 cm³/mol. The second-order valence-electron chi connectivity index (χ2n) is 5.80. The van der Waals surface area contributed by atoms with E-state index in [2.05, 4.69) is 20.9 Å². The van der Waals surface area contributed by atoms with Crippen LogP contribution >= 0.6 is 15.9 Å². The fraction of sp³-hybridized carbons (Fsp3) is 0.278. The van der Waals surface area contributed by atoms with Gasteiger partial charge in [0, 0.05) is 42.5 Å². The minimum atomic E-state index is -0.540. The molecule has 25 heavy (non-hydrogen) atoms. The number of aromatic nitrogens is 1. The van der Waals surface area contributed by atoms with E-state index in [9.17, 15) is 14.0 Å². The zero-order valence-electron chi connectivity index (χ0n) is 13.5. The predicted octanol–water partition coefficient (Wildman–Crippen LogP) is 2.51. The summed E-state index contributed by atoms with van der Waals surface area (Å²) in [4.78, 5) is 32.3. The summed E-state index contributed by atoms with van der Waals surface area (Å²) in [6.45, 7) is 1.65. The summed E-state index contributed by atoms with van der Waals surface area (Å²) in [5, 5.41) is 0. The zero-order chi connectivity index (χ0) is 17.8. The van der Waals surface area contributed by atoms with Gasteiger partial charge in [0.1, 0.15) is 5.82 Å². The number of carbonyl (C=O) groups excluding carboxylic acids is 2. The number of piperazine rings is 1. The van der Waals surface area contributed by atoms with Gasteiger partial charge in [0.05, 0.1) is 12.0 Å². The summed E-state index contributed by atoms with van der Waals surface area (Å²) in [5.74, 6) is -0.906. The number of nitrogens with zero attached hydrogens (tertiary/aromatic N) is 3. The summed E-state index contributed by atoms with van der Waals surface area (Å²) in [7, 11) is 0. The Labute approximate surface area is 153 Å². The molecule has 0 N–H and O–H groups in total. The van der Waals surface area contributed by atoms with E-state index < -0.39 is 5.82 Å². The highest BCUT2D eigenvalue weighted by Crippen LogP contribution is 2.18. The van der Waals surface area contributed by atoms with Crippen LogP contribution in [-0.4, -0.2) is 52.8 Å². The zero-order valence-corrected chi connectivity index (χ0v) is 15.1. The van der Waals surface area contributed by atoms with Gasteiger partial charge < -0.3 is 9.80 Å². The molecule has 2 amide bonds. The van der Waals surface area contributed by atoms with Crippen LogP contribution in [0.1, 0.15) is 16.1 Å². The van der Waals surface area contributed by atoms with Crippen molar-refractivity contribution in [3.63, 3.8) is 0 Å². The molecule has 7 heteroatoms. The molecular formula is C18H17BrFN3O2. The maximum atomic E-state index is 13.9. The Balaban J connectivity index is 1.59. The van der Waals surface area contributed by atoms with Gasteiger partial charge >= 0.3 is 0 Å². The van der Waals surface area contributed by atoms with Gasteiger partial charge in [-0.1, -0.05) is 22.0 Å². The summed E-state index contributed by atoms with van der Waals surface area (Å²) in [6, 6.07) is 9.77. The second-order valence-corrected chi connectivity index (χ2v) is 6.71. The number of rotatable bonds is 3. The van der Waals surface area contributed by atoms with Gasteiger partial charge in [0.25, 0.3) is 5.91 Å². The molecule has 2 aromatic rings. The maximum absolute atomic E-state index is 13.9. The topological polar surface area (TPSA) is 53.5 Å². The molecule has 0 radical (unpaired) electrons. The third-order valence-corrected chi connectivity index (χ3v) is 4.63. The molecule has 3 rings (SSSR count). The van der Waals surface area contributed by atoms with Crippen LogP contribution in [0, 0.1) is 5.82 Å². The number of halogens is 2. The molecule has 1 fully saturated rings. The molecule has 0 spiro atoms. The van der Waals surface area contributed by atoms with Crippen LogP contribution in [-0.2, 0) is 11.2 Å². The van der Waals surface area contributed by atoms with Gasteiger partial charge in [-0.3, -0.25) is 14.6 Å². The molecular weight excluding hydrogens is 389 g/mol. The minimum absolute atomic E-state index is 0.0144. The largest absolute Gasteiger partial charge is 0.339 e. The summed E-state index contributed by atoms with van der Waals surface area (Å²) >= 11 is 3.25. The molecule has 1 aliphatic rings. The highest BCUT2D eigenvalue weighted by molar-refractivity contribution is 9.10. The summed E-state index contributed by atoms with van der Waals surface area (Å²) in [6.07, 6.45) is 1.90. The molecule has 1 aromatic carbocycles. The lowest BCUT2D eigenvalue weighted by Gasteiger charge is -2.35. The Hall–Kier alpha value is -2.28. The van der Waals surface area contributed by atoms with Crippen molar-refractivity contribution in [2.75, 3.05) is 26.2 Å². The quantitative estimate of drug-likeness (QED) is 0.788. The van der Waals surface area contributed by atoms with Crippen molar-refractivity contribution in [2.24, 2.45) is 0 Å². The molecule has 0 bridgehead atoms. The van der Waals surface area contributed by atoms with E-state index in [1.54, 1.807) is 28.1 Å². The van der Waals surface area contributed by atoms with E-state index in [0.29, 0.717) is 30.7 Å². The molecule has 0 atom stereocenters. The number of benzene rings is 1. The van der Waals surface area contributed by atoms with Gasteiger partial charge in [0.2, 0.25) is 5.91 Å². The van der Waals surface area contributed by atoms with Crippen LogP contribution in [0.2, 0.25) is 0 Å². The molecule has 0 saturated carbocycles. The van der Waals surface area contributed by atoms with Crippen LogP contribution in [0.25, 0.3) is 0 Å². The van der Waals surface area contributed by atoms with Crippen molar-refractivity contribution < 1.29 is 14.0 Å². The van der Waals surface area contributed by atoms with E-state index in [0.717, 1.165) is 5.69 Å². The van der Waals surface area contributed by atoms with Gasteiger partial charge in [-0.15, -0.1) is 0 Å². The monoisotopic (exact) mass is 405 g/mol. The van der Waals surface area contributed by atoms with Crippen molar-refractivity contribution in [1.29, 1.82) is 0 Å². The molecule has 1 saturated heterocycles. The smallest absolute Gasteiger partial charge is 0.256 e. The van der Waals surface area contributed by atoms with Crippen LogP contribution < -0.4 is 0 Å². The lowest BCUT2D eigenvalue weighted by atomic mass is 10.1. The third-order valence-electron chi connectivity index (χ3n) is 4.14. The molecule has 0 unspecified atom stereocenters. The Morgan fingerprint density at radius 1 is 1.08 bits per heavy atom. The van der Waals surface area contributed by atoms with E-state index in [-0.39, 0.29) is 23.8 Å². The van der Waals surface area contributed by atoms with Gasteiger partial charge in [-0.25, -0.2) is 4.39 Å². The SMILES string of the molecule is O=C(Cc1ccccn1)N1CCN(C(=O)c2cc(Br)ccc2F)CC1. The fourth-order valence-corrected chi connectivity index (χ4v) is 3.12. The maximum Gasteiger partial charge on any atom is 0.256 e. The normalized spacial score (nSPS) is 14.5. The Bertz CT molecular complexity index is 777. The van der Waals surface area contributed by atoms with Gasteiger partial charge in [-0.05, 0) is 30.3 Å². The summed E-state index contributed by atoms with van der Waals surface area (Å²) < 4.78 is 14.5. The van der Waals surface area contributed by atoms with Crippen molar-refractivity contribution in [3.8, 4) is 0 Å². The molecule has 5 nitrogen and oxygen atoms in total. The van der Waals surface area contributed by atoms with Gasteiger partial charge in [0.15, 0.2) is 0 Å². The van der Waals surface area contributed by atoms with Crippen molar-refractivity contribution in [1.82, 2.24) is 14.8 Å². The van der Waals surface area contributed by atoms with Crippen molar-refractivity contribution >= 4 is 27.7 Å². The minimum Gasteiger partial charge on any atom is -0.339 e. The Morgan fingerprint density at radius 3 is 2.48 bits per heavy atom. The standard InChI is InChI=1S/C18H17BrFN3O2/c19-13-4-5-16(20)15(11-13)18(25)23-9-7-22(8-10-23)17(24)12-14-3-1-2-6-21-14/h1-6,11H,7-10,12H2. The van der Waals surface area contributed by atoms with E-state index >= 15 is 0 Å². The molecule has 130 valence electrons. The van der Waals surface area contributed by atoms with Gasteiger partial charge in [-0.2, -0.15) is 0 Å². The molecule has 1 aromatic heterocycles. The van der Waals surface area contributed by atoms with Crippen LogP contribution in [0.15, 0.2) is 47.1 Å². The van der Waals surface area contributed by atoms with Crippen LogP contribution in [0.5, 0.6) is 0 Å². The molecule has 1 aliphatic heterocycles.